The Hall–Kier alpha value is -2.77. The molecule has 0 spiro atoms. The van der Waals surface area contributed by atoms with Crippen molar-refractivity contribution in [3.05, 3.63) is 42.1 Å². The number of pyridine rings is 1. The average Bonchev–Trinajstić information content (AvgIpc) is 2.67. The van der Waals surface area contributed by atoms with Gasteiger partial charge in [0.2, 0.25) is 5.76 Å². The second-order valence-electron chi connectivity index (χ2n) is 7.43. The summed E-state index contributed by atoms with van der Waals surface area (Å²) in [5, 5.41) is 0. The molecule has 2 amide bonds. The minimum absolute atomic E-state index is 0.181. The molecule has 1 aromatic heterocycles. The van der Waals surface area contributed by atoms with E-state index in [4.69, 9.17) is 14.2 Å². The summed E-state index contributed by atoms with van der Waals surface area (Å²) < 4.78 is 16.1. The third-order valence-corrected chi connectivity index (χ3v) is 4.22. The van der Waals surface area contributed by atoms with E-state index in [1.165, 1.54) is 6.26 Å². The SMILES string of the molecule is CC(C)(C)OC(=O)N1CCN(C(=O)C2=COCCO2)[C@@H](c2cccnc2)C1. The number of carbonyl (C=O) groups is 2. The zero-order valence-electron chi connectivity index (χ0n) is 15.9. The lowest BCUT2D eigenvalue weighted by Gasteiger charge is -2.41. The van der Waals surface area contributed by atoms with E-state index < -0.39 is 5.60 Å². The Morgan fingerprint density at radius 1 is 1.26 bits per heavy atom. The highest BCUT2D eigenvalue weighted by molar-refractivity contribution is 5.92. The monoisotopic (exact) mass is 375 g/mol. The van der Waals surface area contributed by atoms with E-state index >= 15 is 0 Å². The van der Waals surface area contributed by atoms with Gasteiger partial charge in [-0.1, -0.05) is 6.07 Å². The van der Waals surface area contributed by atoms with E-state index in [1.807, 2.05) is 32.9 Å². The first-order valence-corrected chi connectivity index (χ1v) is 8.98. The molecule has 1 aromatic rings. The first-order chi connectivity index (χ1) is 12.8. The number of nitrogens with zero attached hydrogens (tertiary/aromatic N) is 3. The number of ether oxygens (including phenoxy) is 3. The number of aromatic nitrogens is 1. The average molecular weight is 375 g/mol. The Morgan fingerprint density at radius 3 is 2.70 bits per heavy atom. The molecule has 0 saturated carbocycles. The first-order valence-electron chi connectivity index (χ1n) is 8.98. The van der Waals surface area contributed by atoms with Crippen molar-refractivity contribution in [3.8, 4) is 0 Å². The van der Waals surface area contributed by atoms with Gasteiger partial charge in [0.15, 0.2) is 0 Å². The molecule has 8 nitrogen and oxygen atoms in total. The van der Waals surface area contributed by atoms with Crippen molar-refractivity contribution in [2.24, 2.45) is 0 Å². The fourth-order valence-electron chi connectivity index (χ4n) is 3.00. The summed E-state index contributed by atoms with van der Waals surface area (Å²) in [7, 11) is 0. The highest BCUT2D eigenvalue weighted by Gasteiger charge is 2.37. The fraction of sp³-hybridized carbons (Fsp3) is 0.526. The van der Waals surface area contributed by atoms with Crippen molar-refractivity contribution < 1.29 is 23.8 Å². The molecule has 146 valence electrons. The first kappa shape index (κ1) is 19.0. The van der Waals surface area contributed by atoms with Crippen LogP contribution in [0, 0.1) is 0 Å². The second kappa shape index (κ2) is 7.85. The van der Waals surface area contributed by atoms with Gasteiger partial charge < -0.3 is 24.0 Å². The summed E-state index contributed by atoms with van der Waals surface area (Å²) in [5.41, 5.74) is 0.266. The quantitative estimate of drug-likeness (QED) is 0.787. The van der Waals surface area contributed by atoms with Crippen molar-refractivity contribution >= 4 is 12.0 Å². The normalized spacial score (nSPS) is 20.3. The van der Waals surface area contributed by atoms with E-state index in [-0.39, 0.29) is 23.8 Å². The zero-order valence-corrected chi connectivity index (χ0v) is 15.9. The summed E-state index contributed by atoms with van der Waals surface area (Å²) >= 11 is 0. The van der Waals surface area contributed by atoms with Crippen LogP contribution in [0.2, 0.25) is 0 Å². The summed E-state index contributed by atoms with van der Waals surface area (Å²) in [5.74, 6) is -0.0757. The fourth-order valence-corrected chi connectivity index (χ4v) is 3.00. The lowest BCUT2D eigenvalue weighted by molar-refractivity contribution is -0.137. The summed E-state index contributed by atoms with van der Waals surface area (Å²) in [6, 6.07) is 3.35. The highest BCUT2D eigenvalue weighted by atomic mass is 16.6. The Balaban J connectivity index is 1.81. The Bertz CT molecular complexity index is 714. The molecule has 0 aliphatic carbocycles. The molecule has 0 radical (unpaired) electrons. The molecule has 0 bridgehead atoms. The van der Waals surface area contributed by atoms with Gasteiger partial charge in [-0.05, 0) is 32.4 Å². The van der Waals surface area contributed by atoms with Gasteiger partial charge in [-0.2, -0.15) is 0 Å². The van der Waals surface area contributed by atoms with Crippen LogP contribution >= 0.6 is 0 Å². The van der Waals surface area contributed by atoms with Crippen molar-refractivity contribution in [1.82, 2.24) is 14.8 Å². The molecule has 1 atom stereocenters. The minimum Gasteiger partial charge on any atom is -0.494 e. The molecule has 0 aromatic carbocycles. The molecular weight excluding hydrogens is 350 g/mol. The van der Waals surface area contributed by atoms with Crippen LogP contribution in [0.4, 0.5) is 4.79 Å². The van der Waals surface area contributed by atoms with Crippen LogP contribution in [0.25, 0.3) is 0 Å². The van der Waals surface area contributed by atoms with Gasteiger partial charge in [0, 0.05) is 32.0 Å². The molecule has 0 N–H and O–H groups in total. The van der Waals surface area contributed by atoms with E-state index in [2.05, 4.69) is 4.98 Å². The predicted molar refractivity (Wildman–Crippen MR) is 96.5 cm³/mol. The van der Waals surface area contributed by atoms with E-state index in [9.17, 15) is 9.59 Å². The molecule has 2 aliphatic rings. The molecule has 1 saturated heterocycles. The maximum absolute atomic E-state index is 12.9. The lowest BCUT2D eigenvalue weighted by atomic mass is 10.0. The van der Waals surface area contributed by atoms with Gasteiger partial charge in [-0.3, -0.25) is 9.78 Å². The number of hydrogen-bond acceptors (Lipinski definition) is 6. The summed E-state index contributed by atoms with van der Waals surface area (Å²) in [4.78, 5) is 32.9. The lowest BCUT2D eigenvalue weighted by Crippen LogP contribution is -2.53. The van der Waals surface area contributed by atoms with Gasteiger partial charge in [-0.15, -0.1) is 0 Å². The smallest absolute Gasteiger partial charge is 0.410 e. The van der Waals surface area contributed by atoms with Crippen LogP contribution in [0.1, 0.15) is 32.4 Å². The number of hydrogen-bond donors (Lipinski definition) is 0. The molecule has 2 aliphatic heterocycles. The third kappa shape index (κ3) is 4.69. The predicted octanol–water partition coefficient (Wildman–Crippen LogP) is 2.09. The van der Waals surface area contributed by atoms with Crippen LogP contribution in [-0.4, -0.2) is 65.2 Å². The van der Waals surface area contributed by atoms with Crippen molar-refractivity contribution in [1.29, 1.82) is 0 Å². The van der Waals surface area contributed by atoms with Crippen LogP contribution in [0.5, 0.6) is 0 Å². The molecule has 0 unspecified atom stereocenters. The largest absolute Gasteiger partial charge is 0.494 e. The topological polar surface area (TPSA) is 81.2 Å². The van der Waals surface area contributed by atoms with Crippen molar-refractivity contribution in [2.45, 2.75) is 32.4 Å². The van der Waals surface area contributed by atoms with Crippen LogP contribution < -0.4 is 0 Å². The van der Waals surface area contributed by atoms with Crippen LogP contribution in [-0.2, 0) is 19.0 Å². The standard InChI is InChI=1S/C19H25N3O5/c1-19(2,3)27-18(24)21-7-8-22(17(23)16-13-25-9-10-26-16)15(12-21)14-5-4-6-20-11-14/h4-6,11,13,15H,7-10,12H2,1-3H3/t15-/m1/s1. The summed E-state index contributed by atoms with van der Waals surface area (Å²) in [6.45, 7) is 7.31. The van der Waals surface area contributed by atoms with Gasteiger partial charge in [-0.25, -0.2) is 4.79 Å². The molecule has 27 heavy (non-hydrogen) atoms. The second-order valence-corrected chi connectivity index (χ2v) is 7.43. The third-order valence-electron chi connectivity index (χ3n) is 4.22. The van der Waals surface area contributed by atoms with Gasteiger partial charge in [0.05, 0.1) is 6.04 Å². The molecule has 3 heterocycles. The number of carbonyl (C=O) groups excluding carboxylic acids is 2. The van der Waals surface area contributed by atoms with Crippen LogP contribution in [0.15, 0.2) is 36.5 Å². The van der Waals surface area contributed by atoms with Gasteiger partial charge in [0.1, 0.15) is 25.1 Å². The molecular formula is C19H25N3O5. The van der Waals surface area contributed by atoms with E-state index in [1.54, 1.807) is 22.2 Å². The number of piperazine rings is 1. The van der Waals surface area contributed by atoms with E-state index in [0.29, 0.717) is 32.8 Å². The Labute approximate surface area is 158 Å². The van der Waals surface area contributed by atoms with Crippen molar-refractivity contribution in [2.75, 3.05) is 32.8 Å². The number of amides is 2. The van der Waals surface area contributed by atoms with E-state index in [0.717, 1.165) is 5.56 Å². The van der Waals surface area contributed by atoms with Crippen molar-refractivity contribution in [3.63, 3.8) is 0 Å². The Morgan fingerprint density at radius 2 is 2.07 bits per heavy atom. The molecule has 1 fully saturated rings. The minimum atomic E-state index is -0.577. The Kier molecular flexibility index (Phi) is 5.53. The van der Waals surface area contributed by atoms with Gasteiger partial charge >= 0.3 is 6.09 Å². The molecule has 3 rings (SSSR count). The summed E-state index contributed by atoms with van der Waals surface area (Å²) in [6.07, 6.45) is 4.34. The number of rotatable bonds is 2. The van der Waals surface area contributed by atoms with Gasteiger partial charge in [0.25, 0.3) is 5.91 Å². The maximum Gasteiger partial charge on any atom is 0.410 e. The molecule has 8 heteroatoms. The maximum atomic E-state index is 12.9. The zero-order chi connectivity index (χ0) is 19.4. The van der Waals surface area contributed by atoms with Crippen LogP contribution in [0.3, 0.4) is 0 Å². The highest BCUT2D eigenvalue weighted by Crippen LogP contribution is 2.28.